The van der Waals surface area contributed by atoms with Crippen LogP contribution in [0, 0.1) is 19.8 Å². The predicted octanol–water partition coefficient (Wildman–Crippen LogP) is 4.49. The fourth-order valence-electron chi connectivity index (χ4n) is 3.74. The van der Waals surface area contributed by atoms with Crippen LogP contribution in [0.3, 0.4) is 0 Å². The van der Waals surface area contributed by atoms with Gasteiger partial charge < -0.3 is 26.2 Å². The Morgan fingerprint density at radius 1 is 0.970 bits per heavy atom. The molecule has 1 fully saturated rings. The van der Waals surface area contributed by atoms with E-state index in [0.29, 0.717) is 43.9 Å². The van der Waals surface area contributed by atoms with Gasteiger partial charge in [-0.25, -0.2) is 9.59 Å². The summed E-state index contributed by atoms with van der Waals surface area (Å²) >= 11 is 0. The number of rotatable bonds is 6. The summed E-state index contributed by atoms with van der Waals surface area (Å²) in [7, 11) is 0. The summed E-state index contributed by atoms with van der Waals surface area (Å²) in [6, 6.07) is 12.2. The highest BCUT2D eigenvalue weighted by molar-refractivity contribution is 6.00. The molecule has 4 N–H and O–H groups in total. The van der Waals surface area contributed by atoms with Crippen LogP contribution in [-0.2, 0) is 4.79 Å². The fraction of sp³-hybridized carbons (Fsp3) is 0.320. The van der Waals surface area contributed by atoms with E-state index in [0.717, 1.165) is 16.8 Å². The van der Waals surface area contributed by atoms with Gasteiger partial charge in [-0.15, -0.1) is 6.58 Å². The summed E-state index contributed by atoms with van der Waals surface area (Å²) < 4.78 is 0. The lowest BCUT2D eigenvalue weighted by Crippen LogP contribution is -2.44. The molecule has 174 valence electrons. The molecule has 0 atom stereocenters. The van der Waals surface area contributed by atoms with Gasteiger partial charge in [0.25, 0.3) is 0 Å². The average Bonchev–Trinajstić information content (AvgIpc) is 2.80. The molecule has 5 amide bonds. The molecule has 0 spiro atoms. The van der Waals surface area contributed by atoms with E-state index in [1.54, 1.807) is 35.2 Å². The number of hydrogen-bond acceptors (Lipinski definition) is 3. The van der Waals surface area contributed by atoms with Crippen LogP contribution in [-0.4, -0.2) is 42.5 Å². The van der Waals surface area contributed by atoms with Crippen LogP contribution in [0.15, 0.2) is 55.1 Å². The number of urea groups is 2. The molecule has 2 aromatic carbocycles. The first kappa shape index (κ1) is 23.8. The molecule has 8 nitrogen and oxygen atoms in total. The standard InChI is InChI=1S/C25H31N5O3/c1-4-13-26-23(31)19-11-14-30(15-12-19)25(33)28-21-8-6-20(7-9-21)27-24(32)29-22-10-5-17(2)16-18(22)3/h4-10,16,19H,1,11-15H2,2-3H3,(H,26,31)(H,28,33)(H2,27,29,32). The fourth-order valence-corrected chi connectivity index (χ4v) is 3.74. The van der Waals surface area contributed by atoms with Crippen molar-refractivity contribution in [3.05, 3.63) is 66.2 Å². The van der Waals surface area contributed by atoms with Crippen molar-refractivity contribution in [3.63, 3.8) is 0 Å². The lowest BCUT2D eigenvalue weighted by Gasteiger charge is -2.31. The highest BCUT2D eigenvalue weighted by Crippen LogP contribution is 2.20. The van der Waals surface area contributed by atoms with Crippen molar-refractivity contribution in [2.45, 2.75) is 26.7 Å². The highest BCUT2D eigenvalue weighted by Gasteiger charge is 2.27. The normalized spacial score (nSPS) is 13.7. The Kier molecular flexibility index (Phi) is 8.07. The van der Waals surface area contributed by atoms with Gasteiger partial charge in [-0.3, -0.25) is 4.79 Å². The third-order valence-electron chi connectivity index (χ3n) is 5.60. The van der Waals surface area contributed by atoms with E-state index in [1.165, 1.54) is 0 Å². The van der Waals surface area contributed by atoms with Crippen LogP contribution in [0.5, 0.6) is 0 Å². The second-order valence-electron chi connectivity index (χ2n) is 8.20. The Labute approximate surface area is 194 Å². The predicted molar refractivity (Wildman–Crippen MR) is 132 cm³/mol. The van der Waals surface area contributed by atoms with Crippen LogP contribution in [0.1, 0.15) is 24.0 Å². The molecule has 1 heterocycles. The van der Waals surface area contributed by atoms with Crippen molar-refractivity contribution >= 4 is 35.0 Å². The third-order valence-corrected chi connectivity index (χ3v) is 5.60. The Hall–Kier alpha value is -3.81. The van der Waals surface area contributed by atoms with Gasteiger partial charge >= 0.3 is 12.1 Å². The van der Waals surface area contributed by atoms with Gasteiger partial charge in [0.15, 0.2) is 0 Å². The van der Waals surface area contributed by atoms with Crippen molar-refractivity contribution < 1.29 is 14.4 Å². The molecule has 3 rings (SSSR count). The number of amides is 5. The monoisotopic (exact) mass is 449 g/mol. The highest BCUT2D eigenvalue weighted by atomic mass is 16.2. The quantitative estimate of drug-likeness (QED) is 0.489. The first-order valence-electron chi connectivity index (χ1n) is 11.1. The molecule has 0 bridgehead atoms. The van der Waals surface area contributed by atoms with E-state index in [-0.39, 0.29) is 23.9 Å². The second kappa shape index (κ2) is 11.2. The Morgan fingerprint density at radius 2 is 1.61 bits per heavy atom. The van der Waals surface area contributed by atoms with Crippen molar-refractivity contribution in [3.8, 4) is 0 Å². The molecule has 0 aromatic heterocycles. The van der Waals surface area contributed by atoms with Crippen LogP contribution < -0.4 is 21.3 Å². The summed E-state index contributed by atoms with van der Waals surface area (Å²) in [6.45, 7) is 9.05. The molecular formula is C25H31N5O3. The zero-order valence-electron chi connectivity index (χ0n) is 19.1. The summed E-state index contributed by atoms with van der Waals surface area (Å²) in [5, 5.41) is 11.3. The van der Waals surface area contributed by atoms with Gasteiger partial charge in [-0.2, -0.15) is 0 Å². The number of piperidine rings is 1. The van der Waals surface area contributed by atoms with E-state index >= 15 is 0 Å². The lowest BCUT2D eigenvalue weighted by molar-refractivity contribution is -0.126. The van der Waals surface area contributed by atoms with Crippen molar-refractivity contribution in [2.24, 2.45) is 5.92 Å². The Bertz CT molecular complexity index is 1010. The van der Waals surface area contributed by atoms with Crippen LogP contribution in [0.2, 0.25) is 0 Å². The molecule has 1 saturated heterocycles. The largest absolute Gasteiger partial charge is 0.352 e. The summed E-state index contributed by atoms with van der Waals surface area (Å²) in [5.41, 5.74) is 4.12. The minimum absolute atomic E-state index is 0.0135. The molecule has 1 aliphatic heterocycles. The Balaban J connectivity index is 1.46. The first-order valence-corrected chi connectivity index (χ1v) is 11.1. The number of anilines is 3. The maximum absolute atomic E-state index is 12.6. The molecule has 8 heteroatoms. The number of aryl methyl sites for hydroxylation is 2. The van der Waals surface area contributed by atoms with Gasteiger partial charge in [0.2, 0.25) is 5.91 Å². The number of hydrogen-bond donors (Lipinski definition) is 4. The van der Waals surface area contributed by atoms with Gasteiger partial charge in [-0.1, -0.05) is 23.8 Å². The summed E-state index contributed by atoms with van der Waals surface area (Å²) in [5.74, 6) is -0.0613. The zero-order chi connectivity index (χ0) is 23.8. The van der Waals surface area contributed by atoms with E-state index in [1.807, 2.05) is 32.0 Å². The number of nitrogens with one attached hydrogen (secondary N) is 4. The molecule has 1 aliphatic rings. The van der Waals surface area contributed by atoms with Gasteiger partial charge in [0, 0.05) is 42.6 Å². The topological polar surface area (TPSA) is 103 Å². The minimum atomic E-state index is -0.335. The summed E-state index contributed by atoms with van der Waals surface area (Å²) in [6.07, 6.45) is 2.92. The number of nitrogens with zero attached hydrogens (tertiary/aromatic N) is 1. The maximum atomic E-state index is 12.6. The third kappa shape index (κ3) is 6.83. The van der Waals surface area contributed by atoms with Crippen LogP contribution in [0.25, 0.3) is 0 Å². The number of likely N-dealkylation sites (tertiary alicyclic amines) is 1. The van der Waals surface area contributed by atoms with E-state index < -0.39 is 0 Å². The average molecular weight is 450 g/mol. The van der Waals surface area contributed by atoms with Crippen LogP contribution in [0.4, 0.5) is 26.7 Å². The molecule has 0 unspecified atom stereocenters. The van der Waals surface area contributed by atoms with Gasteiger partial charge in [-0.05, 0) is 62.6 Å². The number of carbonyl (C=O) groups is 3. The second-order valence-corrected chi connectivity index (χ2v) is 8.20. The number of carbonyl (C=O) groups excluding carboxylic acids is 3. The smallest absolute Gasteiger partial charge is 0.323 e. The molecular weight excluding hydrogens is 418 g/mol. The van der Waals surface area contributed by atoms with E-state index in [4.69, 9.17) is 0 Å². The molecule has 33 heavy (non-hydrogen) atoms. The summed E-state index contributed by atoms with van der Waals surface area (Å²) in [4.78, 5) is 38.6. The first-order chi connectivity index (χ1) is 15.9. The van der Waals surface area contributed by atoms with Crippen molar-refractivity contribution in [1.29, 1.82) is 0 Å². The lowest BCUT2D eigenvalue weighted by atomic mass is 9.96. The number of benzene rings is 2. The SMILES string of the molecule is C=CCNC(=O)C1CCN(C(=O)Nc2ccc(NC(=O)Nc3ccc(C)cc3C)cc2)CC1. The molecule has 0 aliphatic carbocycles. The molecule has 0 radical (unpaired) electrons. The van der Waals surface area contributed by atoms with E-state index in [2.05, 4.69) is 27.8 Å². The maximum Gasteiger partial charge on any atom is 0.323 e. The van der Waals surface area contributed by atoms with Crippen molar-refractivity contribution in [1.82, 2.24) is 10.2 Å². The Morgan fingerprint density at radius 3 is 2.21 bits per heavy atom. The van der Waals surface area contributed by atoms with Gasteiger partial charge in [0.05, 0.1) is 0 Å². The van der Waals surface area contributed by atoms with Crippen LogP contribution >= 0.6 is 0 Å². The molecule has 0 saturated carbocycles. The van der Waals surface area contributed by atoms with E-state index in [9.17, 15) is 14.4 Å². The van der Waals surface area contributed by atoms with Gasteiger partial charge in [0.1, 0.15) is 0 Å². The molecule has 2 aromatic rings. The zero-order valence-corrected chi connectivity index (χ0v) is 19.1. The van der Waals surface area contributed by atoms with Crippen molar-refractivity contribution in [2.75, 3.05) is 35.6 Å². The minimum Gasteiger partial charge on any atom is -0.352 e.